The Balaban J connectivity index is 2.05. The van der Waals surface area contributed by atoms with E-state index in [0.29, 0.717) is 0 Å². The van der Waals surface area contributed by atoms with E-state index in [4.69, 9.17) is 9.47 Å². The minimum atomic E-state index is -0.732. The van der Waals surface area contributed by atoms with Crippen molar-refractivity contribution in [2.75, 3.05) is 6.61 Å². The van der Waals surface area contributed by atoms with Crippen molar-refractivity contribution in [3.05, 3.63) is 0 Å². The zero-order valence-electron chi connectivity index (χ0n) is 9.25. The SMILES string of the molecule is CC(C)(O)C1CC[C@]2(C)OCC[C@H]2O1. The van der Waals surface area contributed by atoms with E-state index in [1.807, 2.05) is 13.8 Å². The van der Waals surface area contributed by atoms with Gasteiger partial charge in [-0.3, -0.25) is 0 Å². The molecule has 14 heavy (non-hydrogen) atoms. The molecule has 2 saturated heterocycles. The molecule has 1 unspecified atom stereocenters. The van der Waals surface area contributed by atoms with Gasteiger partial charge in [0, 0.05) is 0 Å². The quantitative estimate of drug-likeness (QED) is 0.697. The molecule has 0 aliphatic carbocycles. The highest BCUT2D eigenvalue weighted by molar-refractivity contribution is 4.97. The molecule has 2 heterocycles. The number of hydrogen-bond acceptors (Lipinski definition) is 3. The highest BCUT2D eigenvalue weighted by atomic mass is 16.6. The maximum atomic E-state index is 9.88. The molecule has 0 aromatic heterocycles. The third kappa shape index (κ3) is 1.69. The lowest BCUT2D eigenvalue weighted by atomic mass is 9.84. The largest absolute Gasteiger partial charge is 0.388 e. The van der Waals surface area contributed by atoms with Crippen LogP contribution in [0.4, 0.5) is 0 Å². The number of ether oxygens (including phenoxy) is 2. The van der Waals surface area contributed by atoms with Crippen LogP contribution in [0, 0.1) is 0 Å². The molecule has 0 amide bonds. The summed E-state index contributed by atoms with van der Waals surface area (Å²) in [4.78, 5) is 0. The average Bonchev–Trinajstić information content (AvgIpc) is 2.42. The van der Waals surface area contributed by atoms with E-state index >= 15 is 0 Å². The summed E-state index contributed by atoms with van der Waals surface area (Å²) in [6.07, 6.45) is 2.97. The number of aliphatic hydroxyl groups is 1. The lowest BCUT2D eigenvalue weighted by Gasteiger charge is -2.43. The molecule has 2 aliphatic rings. The maximum Gasteiger partial charge on any atom is 0.0916 e. The van der Waals surface area contributed by atoms with Crippen LogP contribution in [0.1, 0.15) is 40.0 Å². The molecule has 0 saturated carbocycles. The molecule has 0 spiro atoms. The van der Waals surface area contributed by atoms with Gasteiger partial charge >= 0.3 is 0 Å². The van der Waals surface area contributed by atoms with Gasteiger partial charge in [-0.2, -0.15) is 0 Å². The van der Waals surface area contributed by atoms with Crippen molar-refractivity contribution in [1.29, 1.82) is 0 Å². The fraction of sp³-hybridized carbons (Fsp3) is 1.00. The van der Waals surface area contributed by atoms with E-state index in [1.165, 1.54) is 0 Å². The van der Waals surface area contributed by atoms with E-state index in [-0.39, 0.29) is 17.8 Å². The van der Waals surface area contributed by atoms with E-state index in [1.54, 1.807) is 0 Å². The smallest absolute Gasteiger partial charge is 0.0916 e. The van der Waals surface area contributed by atoms with Crippen LogP contribution in [-0.4, -0.2) is 35.1 Å². The molecule has 82 valence electrons. The Morgan fingerprint density at radius 2 is 2.07 bits per heavy atom. The summed E-state index contributed by atoms with van der Waals surface area (Å²) in [7, 11) is 0. The molecule has 0 aromatic rings. The topological polar surface area (TPSA) is 38.7 Å². The van der Waals surface area contributed by atoms with Crippen molar-refractivity contribution in [3.8, 4) is 0 Å². The molecule has 3 heteroatoms. The van der Waals surface area contributed by atoms with E-state index in [9.17, 15) is 5.11 Å². The molecule has 2 fully saturated rings. The second-order valence-corrected chi connectivity index (χ2v) is 5.26. The highest BCUT2D eigenvalue weighted by Crippen LogP contribution is 2.40. The number of fused-ring (bicyclic) bond motifs is 1. The van der Waals surface area contributed by atoms with Crippen molar-refractivity contribution in [2.24, 2.45) is 0 Å². The Bertz CT molecular complexity index is 221. The van der Waals surface area contributed by atoms with Crippen molar-refractivity contribution >= 4 is 0 Å². The lowest BCUT2D eigenvalue weighted by molar-refractivity contribution is -0.191. The van der Waals surface area contributed by atoms with Crippen LogP contribution < -0.4 is 0 Å². The van der Waals surface area contributed by atoms with Crippen LogP contribution in [0.5, 0.6) is 0 Å². The van der Waals surface area contributed by atoms with Gasteiger partial charge < -0.3 is 14.6 Å². The second kappa shape index (κ2) is 3.19. The first-order valence-electron chi connectivity index (χ1n) is 5.44. The number of hydrogen-bond donors (Lipinski definition) is 1. The van der Waals surface area contributed by atoms with Gasteiger partial charge in [0.1, 0.15) is 0 Å². The van der Waals surface area contributed by atoms with Crippen LogP contribution in [0.25, 0.3) is 0 Å². The van der Waals surface area contributed by atoms with Gasteiger partial charge in [-0.1, -0.05) is 0 Å². The van der Waals surface area contributed by atoms with E-state index in [0.717, 1.165) is 25.9 Å². The van der Waals surface area contributed by atoms with E-state index in [2.05, 4.69) is 6.92 Å². The standard InChI is InChI=1S/C11H20O3/c1-10(2,12)8-4-6-11(3)9(14-8)5-7-13-11/h8-9,12H,4-7H2,1-3H3/t8?,9-,11+/m1/s1. The molecule has 0 bridgehead atoms. The van der Waals surface area contributed by atoms with Crippen LogP contribution in [0.3, 0.4) is 0 Å². The summed E-state index contributed by atoms with van der Waals surface area (Å²) in [5.41, 5.74) is -0.828. The summed E-state index contributed by atoms with van der Waals surface area (Å²) in [6, 6.07) is 0. The fourth-order valence-corrected chi connectivity index (χ4v) is 2.45. The Labute approximate surface area is 85.4 Å². The Kier molecular flexibility index (Phi) is 2.37. The van der Waals surface area contributed by atoms with Crippen LogP contribution in [0.2, 0.25) is 0 Å². The normalized spacial score (nSPS) is 43.7. The molecule has 2 rings (SSSR count). The van der Waals surface area contributed by atoms with E-state index < -0.39 is 5.60 Å². The van der Waals surface area contributed by atoms with Gasteiger partial charge in [0.25, 0.3) is 0 Å². The summed E-state index contributed by atoms with van der Waals surface area (Å²) >= 11 is 0. The first-order chi connectivity index (χ1) is 6.42. The zero-order valence-corrected chi connectivity index (χ0v) is 9.25. The Morgan fingerprint density at radius 3 is 2.71 bits per heavy atom. The van der Waals surface area contributed by atoms with Crippen molar-refractivity contribution in [3.63, 3.8) is 0 Å². The Hall–Kier alpha value is -0.120. The third-order valence-electron chi connectivity index (χ3n) is 3.51. The molecule has 3 atom stereocenters. The van der Waals surface area contributed by atoms with Crippen LogP contribution in [0.15, 0.2) is 0 Å². The monoisotopic (exact) mass is 200 g/mol. The molecular weight excluding hydrogens is 180 g/mol. The van der Waals surface area contributed by atoms with Gasteiger partial charge in [-0.25, -0.2) is 0 Å². The fourth-order valence-electron chi connectivity index (χ4n) is 2.45. The van der Waals surface area contributed by atoms with Gasteiger partial charge in [0.05, 0.1) is 30.0 Å². The Morgan fingerprint density at radius 1 is 1.36 bits per heavy atom. The molecule has 2 aliphatic heterocycles. The van der Waals surface area contributed by atoms with Crippen molar-refractivity contribution in [1.82, 2.24) is 0 Å². The molecular formula is C11H20O3. The van der Waals surface area contributed by atoms with Crippen LogP contribution in [-0.2, 0) is 9.47 Å². The summed E-state index contributed by atoms with van der Waals surface area (Å²) in [5.74, 6) is 0. The first kappa shape index (κ1) is 10.4. The second-order valence-electron chi connectivity index (χ2n) is 5.26. The lowest BCUT2D eigenvalue weighted by Crippen LogP contribution is -2.51. The third-order valence-corrected chi connectivity index (χ3v) is 3.51. The molecule has 0 aromatic carbocycles. The summed E-state index contributed by atoms with van der Waals surface area (Å²) in [5, 5.41) is 9.88. The highest BCUT2D eigenvalue weighted by Gasteiger charge is 2.48. The number of rotatable bonds is 1. The van der Waals surface area contributed by atoms with Crippen LogP contribution >= 0.6 is 0 Å². The summed E-state index contributed by atoms with van der Waals surface area (Å²) in [6.45, 7) is 6.54. The van der Waals surface area contributed by atoms with Gasteiger partial charge in [0.2, 0.25) is 0 Å². The molecule has 1 N–H and O–H groups in total. The van der Waals surface area contributed by atoms with Gasteiger partial charge in [-0.15, -0.1) is 0 Å². The van der Waals surface area contributed by atoms with Gasteiger partial charge in [0.15, 0.2) is 0 Å². The predicted octanol–water partition coefficient (Wildman–Crippen LogP) is 1.48. The van der Waals surface area contributed by atoms with Crippen molar-refractivity contribution < 1.29 is 14.6 Å². The first-order valence-corrected chi connectivity index (χ1v) is 5.44. The zero-order chi connectivity index (χ0) is 10.4. The summed E-state index contributed by atoms with van der Waals surface area (Å²) < 4.78 is 11.6. The molecule has 0 radical (unpaired) electrons. The minimum Gasteiger partial charge on any atom is -0.388 e. The minimum absolute atomic E-state index is 0.0396. The maximum absolute atomic E-state index is 9.88. The molecule has 3 nitrogen and oxygen atoms in total. The van der Waals surface area contributed by atoms with Crippen molar-refractivity contribution in [2.45, 2.75) is 63.4 Å². The predicted molar refractivity (Wildman–Crippen MR) is 53.2 cm³/mol. The average molecular weight is 200 g/mol. The van der Waals surface area contributed by atoms with Gasteiger partial charge in [-0.05, 0) is 40.0 Å².